The third-order valence-corrected chi connectivity index (χ3v) is 4.69. The molecule has 0 saturated carbocycles. The van der Waals surface area contributed by atoms with Gasteiger partial charge < -0.3 is 0 Å². The van der Waals surface area contributed by atoms with Gasteiger partial charge in [-0.15, -0.1) is 0 Å². The number of hydrazone groups is 1. The van der Waals surface area contributed by atoms with E-state index in [1.54, 1.807) is 24.3 Å². The van der Waals surface area contributed by atoms with Crippen LogP contribution in [0.3, 0.4) is 0 Å². The maximum Gasteiger partial charge on any atom is 0.276 e. The van der Waals surface area contributed by atoms with Crippen molar-refractivity contribution in [3.05, 3.63) is 68.2 Å². The lowest BCUT2D eigenvalue weighted by atomic mass is 10.2. The summed E-state index contributed by atoms with van der Waals surface area (Å²) >= 11 is 3.29. The quantitative estimate of drug-likeness (QED) is 0.475. The molecule has 9 heteroatoms. The van der Waals surface area contributed by atoms with Gasteiger partial charge in [-0.3, -0.25) is 10.1 Å². The van der Waals surface area contributed by atoms with Crippen LogP contribution in [0.4, 0.5) is 5.69 Å². The minimum absolute atomic E-state index is 0.220. The number of hydrogen-bond acceptors (Lipinski definition) is 5. The SMILES string of the molecule is Cc1ccc(S(=O)(=O)N/N=C\c2ccc(Br)cc2)cc1[N+](=O)[O-]. The van der Waals surface area contributed by atoms with Crippen molar-refractivity contribution in [2.45, 2.75) is 11.8 Å². The zero-order valence-corrected chi connectivity index (χ0v) is 14.3. The predicted octanol–water partition coefficient (Wildman–Crippen LogP) is 2.98. The smallest absolute Gasteiger partial charge is 0.258 e. The van der Waals surface area contributed by atoms with Crippen LogP contribution in [-0.4, -0.2) is 19.6 Å². The van der Waals surface area contributed by atoms with Gasteiger partial charge in [0.15, 0.2) is 0 Å². The molecule has 0 amide bonds. The van der Waals surface area contributed by atoms with Gasteiger partial charge in [0.25, 0.3) is 15.7 Å². The van der Waals surface area contributed by atoms with Gasteiger partial charge in [0, 0.05) is 16.1 Å². The van der Waals surface area contributed by atoms with Crippen molar-refractivity contribution < 1.29 is 13.3 Å². The molecule has 0 aliphatic carbocycles. The highest BCUT2D eigenvalue weighted by atomic mass is 79.9. The van der Waals surface area contributed by atoms with E-state index in [0.717, 1.165) is 10.5 Å². The number of benzene rings is 2. The Labute approximate surface area is 141 Å². The lowest BCUT2D eigenvalue weighted by molar-refractivity contribution is -0.385. The lowest BCUT2D eigenvalue weighted by Gasteiger charge is -2.04. The van der Waals surface area contributed by atoms with Crippen LogP contribution in [0.2, 0.25) is 0 Å². The molecule has 2 aromatic rings. The summed E-state index contributed by atoms with van der Waals surface area (Å²) in [4.78, 5) is 12.1. The second-order valence-electron chi connectivity index (χ2n) is 4.61. The maximum absolute atomic E-state index is 12.1. The van der Waals surface area contributed by atoms with Gasteiger partial charge in [-0.25, -0.2) is 4.83 Å². The Morgan fingerprint density at radius 2 is 1.87 bits per heavy atom. The van der Waals surface area contributed by atoms with Crippen LogP contribution in [-0.2, 0) is 10.0 Å². The average molecular weight is 398 g/mol. The second-order valence-corrected chi connectivity index (χ2v) is 7.19. The number of nitro groups is 1. The highest BCUT2D eigenvalue weighted by Gasteiger charge is 2.19. The molecule has 2 rings (SSSR count). The molecule has 120 valence electrons. The fourth-order valence-corrected chi connectivity index (χ4v) is 2.80. The van der Waals surface area contributed by atoms with Gasteiger partial charge in [-0.1, -0.05) is 34.1 Å². The maximum atomic E-state index is 12.1. The minimum atomic E-state index is -3.97. The summed E-state index contributed by atoms with van der Waals surface area (Å²) in [5.74, 6) is 0. The number of hydrogen-bond donors (Lipinski definition) is 1. The normalized spacial score (nSPS) is 11.6. The fraction of sp³-hybridized carbons (Fsp3) is 0.0714. The molecule has 0 atom stereocenters. The molecule has 0 radical (unpaired) electrons. The van der Waals surface area contributed by atoms with Crippen molar-refractivity contribution in [1.29, 1.82) is 0 Å². The minimum Gasteiger partial charge on any atom is -0.258 e. The van der Waals surface area contributed by atoms with Crippen LogP contribution in [0.1, 0.15) is 11.1 Å². The van der Waals surface area contributed by atoms with Crippen LogP contribution in [0.5, 0.6) is 0 Å². The van der Waals surface area contributed by atoms with Crippen molar-refractivity contribution in [2.75, 3.05) is 0 Å². The Hall–Kier alpha value is -2.26. The molecule has 0 aliphatic heterocycles. The molecule has 23 heavy (non-hydrogen) atoms. The second kappa shape index (κ2) is 6.88. The van der Waals surface area contributed by atoms with Crippen molar-refractivity contribution in [3.63, 3.8) is 0 Å². The summed E-state index contributed by atoms with van der Waals surface area (Å²) in [6.07, 6.45) is 1.34. The Morgan fingerprint density at radius 1 is 1.22 bits per heavy atom. The monoisotopic (exact) mass is 397 g/mol. The van der Waals surface area contributed by atoms with Crippen LogP contribution >= 0.6 is 15.9 Å². The first-order chi connectivity index (χ1) is 10.8. The number of aryl methyl sites for hydroxylation is 1. The highest BCUT2D eigenvalue weighted by Crippen LogP contribution is 2.22. The van der Waals surface area contributed by atoms with Gasteiger partial charge in [0.1, 0.15) is 0 Å². The number of nitro benzene ring substituents is 1. The Kier molecular flexibility index (Phi) is 5.12. The van der Waals surface area contributed by atoms with Crippen molar-refractivity contribution in [1.82, 2.24) is 4.83 Å². The van der Waals surface area contributed by atoms with E-state index in [-0.39, 0.29) is 10.6 Å². The van der Waals surface area contributed by atoms with Crippen molar-refractivity contribution in [2.24, 2.45) is 5.10 Å². The molecule has 0 unspecified atom stereocenters. The van der Waals surface area contributed by atoms with E-state index >= 15 is 0 Å². The molecule has 0 saturated heterocycles. The Morgan fingerprint density at radius 3 is 2.48 bits per heavy atom. The summed E-state index contributed by atoms with van der Waals surface area (Å²) in [7, 11) is -3.97. The van der Waals surface area contributed by atoms with Crippen molar-refractivity contribution >= 4 is 37.9 Å². The Balaban J connectivity index is 2.20. The zero-order chi connectivity index (χ0) is 17.0. The van der Waals surface area contributed by atoms with Gasteiger partial charge >= 0.3 is 0 Å². The number of nitrogens with zero attached hydrogens (tertiary/aromatic N) is 2. The van der Waals surface area contributed by atoms with E-state index in [1.165, 1.54) is 25.3 Å². The summed E-state index contributed by atoms with van der Waals surface area (Å²) in [6, 6.07) is 10.8. The highest BCUT2D eigenvalue weighted by molar-refractivity contribution is 9.10. The molecule has 0 bridgehead atoms. The van der Waals surface area contributed by atoms with Gasteiger partial charge in [-0.2, -0.15) is 13.5 Å². The molecule has 7 nitrogen and oxygen atoms in total. The molecule has 0 heterocycles. The molecule has 0 spiro atoms. The molecular weight excluding hydrogens is 386 g/mol. The molecule has 2 aromatic carbocycles. The average Bonchev–Trinajstić information content (AvgIpc) is 2.49. The topological polar surface area (TPSA) is 102 Å². The number of rotatable bonds is 5. The molecule has 0 aromatic heterocycles. The van der Waals surface area contributed by atoms with E-state index in [9.17, 15) is 18.5 Å². The third-order valence-electron chi connectivity index (χ3n) is 2.94. The van der Waals surface area contributed by atoms with Gasteiger partial charge in [-0.05, 0) is 30.7 Å². The Bertz CT molecular complexity index is 864. The van der Waals surface area contributed by atoms with E-state index in [0.29, 0.717) is 11.1 Å². The third kappa shape index (κ3) is 4.36. The predicted molar refractivity (Wildman–Crippen MR) is 89.9 cm³/mol. The standard InChI is InChI=1S/C14H12BrN3O4S/c1-10-2-7-13(8-14(10)18(19)20)23(21,22)17-16-9-11-3-5-12(15)6-4-11/h2-9,17H,1H3/b16-9-. The summed E-state index contributed by atoms with van der Waals surface area (Å²) in [5.41, 5.74) is 0.822. The molecular formula is C14H12BrN3O4S. The lowest BCUT2D eigenvalue weighted by Crippen LogP contribution is -2.18. The fourth-order valence-electron chi connectivity index (χ4n) is 1.72. The zero-order valence-electron chi connectivity index (χ0n) is 11.9. The van der Waals surface area contributed by atoms with Crippen LogP contribution < -0.4 is 4.83 Å². The largest absolute Gasteiger partial charge is 0.276 e. The molecule has 1 N–H and O–H groups in total. The van der Waals surface area contributed by atoms with E-state index in [1.807, 2.05) is 4.83 Å². The number of halogens is 1. The van der Waals surface area contributed by atoms with E-state index in [4.69, 9.17) is 0 Å². The van der Waals surface area contributed by atoms with Crippen LogP contribution in [0.25, 0.3) is 0 Å². The van der Waals surface area contributed by atoms with Gasteiger partial charge in [0.2, 0.25) is 0 Å². The summed E-state index contributed by atoms with van der Waals surface area (Å²) in [6.45, 7) is 1.54. The molecule has 0 fully saturated rings. The number of sulfonamides is 1. The van der Waals surface area contributed by atoms with Gasteiger partial charge in [0.05, 0.1) is 16.0 Å². The first kappa shape index (κ1) is 17.1. The van der Waals surface area contributed by atoms with Crippen LogP contribution in [0.15, 0.2) is 56.9 Å². The first-order valence-corrected chi connectivity index (χ1v) is 8.63. The van der Waals surface area contributed by atoms with Crippen LogP contribution in [0, 0.1) is 17.0 Å². The summed E-state index contributed by atoms with van der Waals surface area (Å²) in [5, 5.41) is 14.6. The summed E-state index contributed by atoms with van der Waals surface area (Å²) < 4.78 is 25.1. The number of nitrogens with one attached hydrogen (secondary N) is 1. The van der Waals surface area contributed by atoms with E-state index in [2.05, 4.69) is 21.0 Å². The first-order valence-electron chi connectivity index (χ1n) is 6.35. The van der Waals surface area contributed by atoms with E-state index < -0.39 is 14.9 Å². The molecule has 0 aliphatic rings. The van der Waals surface area contributed by atoms with Crippen molar-refractivity contribution in [3.8, 4) is 0 Å².